The second-order valence-corrected chi connectivity index (χ2v) is 7.17. The molecule has 0 atom stereocenters. The molecule has 0 radical (unpaired) electrons. The zero-order valence-electron chi connectivity index (χ0n) is 10.5. The van der Waals surface area contributed by atoms with Crippen molar-refractivity contribution in [1.29, 1.82) is 0 Å². The molecule has 0 amide bonds. The molecule has 0 aromatic heterocycles. The van der Waals surface area contributed by atoms with Crippen LogP contribution in [0, 0.1) is 6.92 Å². The van der Waals surface area contributed by atoms with Crippen molar-refractivity contribution in [2.75, 3.05) is 10.5 Å². The van der Waals surface area contributed by atoms with Crippen molar-refractivity contribution in [2.24, 2.45) is 0 Å². The van der Waals surface area contributed by atoms with Crippen molar-refractivity contribution in [2.45, 2.75) is 11.8 Å². The number of halogens is 2. The van der Waals surface area contributed by atoms with Gasteiger partial charge in [-0.2, -0.15) is 0 Å². The van der Waals surface area contributed by atoms with Gasteiger partial charge in [0.05, 0.1) is 5.69 Å². The highest BCUT2D eigenvalue weighted by molar-refractivity contribution is 9.10. The molecule has 0 heterocycles. The Labute approximate surface area is 131 Å². The molecule has 2 rings (SSSR count). The molecular formula is C13H12BrClN2O2S. The summed E-state index contributed by atoms with van der Waals surface area (Å²) in [6.07, 6.45) is 0. The topological polar surface area (TPSA) is 72.2 Å². The van der Waals surface area contributed by atoms with Gasteiger partial charge in [0.2, 0.25) is 0 Å². The third-order valence-corrected chi connectivity index (χ3v) is 5.45. The van der Waals surface area contributed by atoms with Crippen LogP contribution in [-0.4, -0.2) is 8.42 Å². The van der Waals surface area contributed by atoms with Gasteiger partial charge in [-0.1, -0.05) is 17.7 Å². The van der Waals surface area contributed by atoms with Gasteiger partial charge in [-0.25, -0.2) is 8.42 Å². The summed E-state index contributed by atoms with van der Waals surface area (Å²) in [5, 5.41) is 0.497. The fraction of sp³-hybridized carbons (Fsp3) is 0.0769. The third-order valence-electron chi connectivity index (χ3n) is 2.67. The highest BCUT2D eigenvalue weighted by atomic mass is 79.9. The summed E-state index contributed by atoms with van der Waals surface area (Å²) in [5.41, 5.74) is 7.27. The Hall–Kier alpha value is -1.24. The fourth-order valence-corrected chi connectivity index (χ4v) is 3.82. The monoisotopic (exact) mass is 374 g/mol. The van der Waals surface area contributed by atoms with Crippen LogP contribution in [0.1, 0.15) is 5.56 Å². The van der Waals surface area contributed by atoms with Crippen LogP contribution in [0.5, 0.6) is 0 Å². The molecule has 0 unspecified atom stereocenters. The zero-order valence-corrected chi connectivity index (χ0v) is 13.7. The van der Waals surface area contributed by atoms with Crippen LogP contribution in [0.2, 0.25) is 5.02 Å². The standard InChI is InChI=1S/C13H12BrClN2O2S/c1-8-2-4-10(7-12(8)15)17-20(18,19)13-6-9(16)3-5-11(13)14/h2-7,17H,16H2,1H3. The number of nitrogens with two attached hydrogens (primary N) is 1. The number of sulfonamides is 1. The van der Waals surface area contributed by atoms with Crippen molar-refractivity contribution >= 4 is 48.9 Å². The van der Waals surface area contributed by atoms with Crippen molar-refractivity contribution in [1.82, 2.24) is 0 Å². The number of hydrogen-bond donors (Lipinski definition) is 2. The van der Waals surface area contributed by atoms with Gasteiger partial charge in [0.15, 0.2) is 0 Å². The van der Waals surface area contributed by atoms with E-state index in [2.05, 4.69) is 20.7 Å². The largest absolute Gasteiger partial charge is 0.399 e. The van der Waals surface area contributed by atoms with Gasteiger partial charge in [0.1, 0.15) is 4.90 Å². The summed E-state index contributed by atoms with van der Waals surface area (Å²) in [7, 11) is -3.73. The van der Waals surface area contributed by atoms with Gasteiger partial charge in [0, 0.05) is 15.2 Å². The van der Waals surface area contributed by atoms with E-state index in [1.807, 2.05) is 6.92 Å². The Balaban J connectivity index is 2.40. The van der Waals surface area contributed by atoms with Crippen LogP contribution in [0.3, 0.4) is 0 Å². The minimum Gasteiger partial charge on any atom is -0.399 e. The number of hydrogen-bond acceptors (Lipinski definition) is 3. The molecular weight excluding hydrogens is 364 g/mol. The van der Waals surface area contributed by atoms with E-state index in [0.29, 0.717) is 20.9 Å². The molecule has 0 saturated carbocycles. The lowest BCUT2D eigenvalue weighted by Crippen LogP contribution is -2.14. The Kier molecular flexibility index (Phi) is 4.27. The Morgan fingerprint density at radius 3 is 2.55 bits per heavy atom. The molecule has 20 heavy (non-hydrogen) atoms. The molecule has 0 fully saturated rings. The lowest BCUT2D eigenvalue weighted by atomic mass is 10.2. The molecule has 4 nitrogen and oxygen atoms in total. The Morgan fingerprint density at radius 1 is 1.20 bits per heavy atom. The Morgan fingerprint density at radius 2 is 1.90 bits per heavy atom. The maximum Gasteiger partial charge on any atom is 0.263 e. The molecule has 0 aliphatic rings. The van der Waals surface area contributed by atoms with E-state index in [9.17, 15) is 8.42 Å². The quantitative estimate of drug-likeness (QED) is 0.802. The molecule has 0 saturated heterocycles. The highest BCUT2D eigenvalue weighted by Gasteiger charge is 2.18. The van der Waals surface area contributed by atoms with E-state index in [4.69, 9.17) is 17.3 Å². The first-order chi connectivity index (χ1) is 9.29. The third kappa shape index (κ3) is 3.26. The molecule has 0 bridgehead atoms. The normalized spacial score (nSPS) is 11.3. The van der Waals surface area contributed by atoms with E-state index < -0.39 is 10.0 Å². The maximum atomic E-state index is 12.3. The fourth-order valence-electron chi connectivity index (χ4n) is 1.59. The first-order valence-electron chi connectivity index (χ1n) is 5.63. The Bertz CT molecular complexity index is 763. The summed E-state index contributed by atoms with van der Waals surface area (Å²) < 4.78 is 27.6. The zero-order chi connectivity index (χ0) is 14.9. The van der Waals surface area contributed by atoms with Gasteiger partial charge in [-0.05, 0) is 58.7 Å². The average molecular weight is 376 g/mol. The van der Waals surface area contributed by atoms with Crippen LogP contribution in [0.15, 0.2) is 45.8 Å². The summed E-state index contributed by atoms with van der Waals surface area (Å²) in [5.74, 6) is 0. The van der Waals surface area contributed by atoms with Gasteiger partial charge in [-0.15, -0.1) is 0 Å². The predicted octanol–water partition coefficient (Wildman–Crippen LogP) is 3.79. The van der Waals surface area contributed by atoms with Gasteiger partial charge >= 0.3 is 0 Å². The molecule has 0 aliphatic carbocycles. The number of anilines is 2. The molecule has 2 aromatic rings. The molecule has 3 N–H and O–H groups in total. The van der Waals surface area contributed by atoms with Crippen LogP contribution < -0.4 is 10.5 Å². The number of rotatable bonds is 3. The molecule has 7 heteroatoms. The second-order valence-electron chi connectivity index (χ2n) is 4.26. The average Bonchev–Trinajstić information content (AvgIpc) is 2.36. The summed E-state index contributed by atoms with van der Waals surface area (Å²) in [6, 6.07) is 9.56. The molecule has 2 aromatic carbocycles. The summed E-state index contributed by atoms with van der Waals surface area (Å²) >= 11 is 9.19. The van der Waals surface area contributed by atoms with Gasteiger partial charge in [-0.3, -0.25) is 4.72 Å². The van der Waals surface area contributed by atoms with Crippen LogP contribution in [-0.2, 0) is 10.0 Å². The lowest BCUT2D eigenvalue weighted by molar-refractivity contribution is 0.601. The minimum absolute atomic E-state index is 0.0780. The second kappa shape index (κ2) is 5.63. The van der Waals surface area contributed by atoms with E-state index in [0.717, 1.165) is 5.56 Å². The summed E-state index contributed by atoms with van der Waals surface area (Å²) in [6.45, 7) is 1.84. The smallest absolute Gasteiger partial charge is 0.263 e. The number of nitrogens with one attached hydrogen (secondary N) is 1. The van der Waals surface area contributed by atoms with Crippen LogP contribution in [0.4, 0.5) is 11.4 Å². The molecule has 0 aliphatic heterocycles. The highest BCUT2D eigenvalue weighted by Crippen LogP contribution is 2.27. The van der Waals surface area contributed by atoms with E-state index >= 15 is 0 Å². The summed E-state index contributed by atoms with van der Waals surface area (Å²) in [4.78, 5) is 0.0780. The molecule has 106 valence electrons. The van der Waals surface area contributed by atoms with Crippen molar-refractivity contribution in [3.8, 4) is 0 Å². The first-order valence-corrected chi connectivity index (χ1v) is 8.29. The van der Waals surface area contributed by atoms with Crippen molar-refractivity contribution in [3.05, 3.63) is 51.5 Å². The van der Waals surface area contributed by atoms with E-state index in [-0.39, 0.29) is 4.90 Å². The van der Waals surface area contributed by atoms with Crippen LogP contribution in [0.25, 0.3) is 0 Å². The number of nitrogen functional groups attached to an aromatic ring is 1. The lowest BCUT2D eigenvalue weighted by Gasteiger charge is -2.11. The van der Waals surface area contributed by atoms with E-state index in [1.54, 1.807) is 30.3 Å². The maximum absolute atomic E-state index is 12.3. The first kappa shape index (κ1) is 15.2. The van der Waals surface area contributed by atoms with Gasteiger partial charge in [0.25, 0.3) is 10.0 Å². The molecule has 0 spiro atoms. The van der Waals surface area contributed by atoms with Crippen LogP contribution >= 0.6 is 27.5 Å². The number of aryl methyl sites for hydroxylation is 1. The van der Waals surface area contributed by atoms with Crippen molar-refractivity contribution < 1.29 is 8.42 Å². The number of benzene rings is 2. The van der Waals surface area contributed by atoms with Gasteiger partial charge < -0.3 is 5.73 Å². The van der Waals surface area contributed by atoms with E-state index in [1.165, 1.54) is 6.07 Å². The predicted molar refractivity (Wildman–Crippen MR) is 85.6 cm³/mol. The minimum atomic E-state index is -3.73. The SMILES string of the molecule is Cc1ccc(NS(=O)(=O)c2cc(N)ccc2Br)cc1Cl. The van der Waals surface area contributed by atoms with Crippen molar-refractivity contribution in [3.63, 3.8) is 0 Å².